The van der Waals surface area contributed by atoms with E-state index in [1.54, 1.807) is 0 Å². The molecule has 0 spiro atoms. The highest BCUT2D eigenvalue weighted by molar-refractivity contribution is 5.76. The number of aromatic nitrogens is 4. The fourth-order valence-corrected chi connectivity index (χ4v) is 2.99. The lowest BCUT2D eigenvalue weighted by Gasteiger charge is -2.33. The van der Waals surface area contributed by atoms with Crippen molar-refractivity contribution in [3.8, 4) is 0 Å². The van der Waals surface area contributed by atoms with Gasteiger partial charge in [-0.25, -0.2) is 0 Å². The number of likely N-dealkylation sites (tertiary alicyclic amines) is 1. The zero-order valence-electron chi connectivity index (χ0n) is 13.3. The summed E-state index contributed by atoms with van der Waals surface area (Å²) >= 11 is 0. The summed E-state index contributed by atoms with van der Waals surface area (Å²) in [6.07, 6.45) is 10.4. The molecule has 3 rings (SSSR count). The Labute approximate surface area is 130 Å². The third-order valence-corrected chi connectivity index (χ3v) is 4.17. The van der Waals surface area contributed by atoms with Gasteiger partial charge in [-0.05, 0) is 37.8 Å². The molecule has 1 atom stereocenters. The summed E-state index contributed by atoms with van der Waals surface area (Å²) < 4.78 is 3.84. The van der Waals surface area contributed by atoms with Crippen LogP contribution in [0.5, 0.6) is 0 Å². The minimum atomic E-state index is 0.210. The molecule has 1 saturated heterocycles. The maximum Gasteiger partial charge on any atom is 0.224 e. The first-order valence-electron chi connectivity index (χ1n) is 7.89. The maximum atomic E-state index is 12.4. The average molecular weight is 301 g/mol. The molecule has 1 aliphatic rings. The zero-order valence-corrected chi connectivity index (χ0v) is 13.3. The third kappa shape index (κ3) is 3.37. The number of nitrogens with zero attached hydrogens (tertiary/aromatic N) is 5. The maximum absolute atomic E-state index is 12.4. The van der Waals surface area contributed by atoms with Gasteiger partial charge in [-0.15, -0.1) is 0 Å². The molecule has 0 aliphatic carbocycles. The van der Waals surface area contributed by atoms with E-state index in [1.807, 2.05) is 46.7 Å². The van der Waals surface area contributed by atoms with Gasteiger partial charge >= 0.3 is 0 Å². The molecule has 3 heterocycles. The van der Waals surface area contributed by atoms with Crippen LogP contribution in [0.15, 0.2) is 24.8 Å². The highest BCUT2D eigenvalue weighted by Gasteiger charge is 2.24. The summed E-state index contributed by atoms with van der Waals surface area (Å²) in [5, 5.41) is 8.62. The molecule has 1 aliphatic heterocycles. The Morgan fingerprint density at radius 2 is 2.00 bits per heavy atom. The first-order valence-corrected chi connectivity index (χ1v) is 7.89. The molecule has 118 valence electrons. The quantitative estimate of drug-likeness (QED) is 0.867. The lowest BCUT2D eigenvalue weighted by molar-refractivity contribution is -0.133. The Bertz CT molecular complexity index is 645. The molecule has 2 aromatic heterocycles. The van der Waals surface area contributed by atoms with Crippen LogP contribution in [0, 0.1) is 13.8 Å². The van der Waals surface area contributed by atoms with E-state index < -0.39 is 0 Å². The van der Waals surface area contributed by atoms with Crippen LogP contribution in [0.25, 0.3) is 0 Å². The number of carbonyl (C=O) groups is 1. The van der Waals surface area contributed by atoms with Crippen molar-refractivity contribution in [1.82, 2.24) is 24.5 Å². The molecule has 1 amide bonds. The number of carbonyl (C=O) groups excluding carboxylic acids is 1. The van der Waals surface area contributed by atoms with Crippen LogP contribution in [-0.4, -0.2) is 43.5 Å². The average Bonchev–Trinajstić information content (AvgIpc) is 3.13. The van der Waals surface area contributed by atoms with E-state index >= 15 is 0 Å². The van der Waals surface area contributed by atoms with Gasteiger partial charge in [0.2, 0.25) is 5.91 Å². The monoisotopic (exact) mass is 301 g/mol. The summed E-state index contributed by atoms with van der Waals surface area (Å²) in [6, 6.07) is 0.304. The van der Waals surface area contributed by atoms with Crippen molar-refractivity contribution >= 4 is 5.91 Å². The van der Waals surface area contributed by atoms with E-state index in [9.17, 15) is 4.79 Å². The number of hydrogen-bond donors (Lipinski definition) is 0. The first-order chi connectivity index (χ1) is 10.6. The van der Waals surface area contributed by atoms with Crippen LogP contribution in [-0.2, 0) is 11.3 Å². The second-order valence-corrected chi connectivity index (χ2v) is 6.16. The van der Waals surface area contributed by atoms with Gasteiger partial charge < -0.3 is 4.90 Å². The van der Waals surface area contributed by atoms with Crippen LogP contribution in [0.3, 0.4) is 0 Å². The molecule has 1 fully saturated rings. The molecule has 0 radical (unpaired) electrons. The van der Waals surface area contributed by atoms with Crippen molar-refractivity contribution in [3.05, 3.63) is 35.9 Å². The van der Waals surface area contributed by atoms with Gasteiger partial charge in [0.05, 0.1) is 18.4 Å². The minimum Gasteiger partial charge on any atom is -0.340 e. The molecule has 0 saturated carbocycles. The lowest BCUT2D eigenvalue weighted by atomic mass is 10.1. The predicted octanol–water partition coefficient (Wildman–Crippen LogP) is 1.95. The predicted molar refractivity (Wildman–Crippen MR) is 83.4 cm³/mol. The van der Waals surface area contributed by atoms with Crippen molar-refractivity contribution in [2.75, 3.05) is 13.1 Å². The van der Waals surface area contributed by atoms with E-state index in [-0.39, 0.29) is 5.91 Å². The number of hydrogen-bond acceptors (Lipinski definition) is 3. The highest BCUT2D eigenvalue weighted by Crippen LogP contribution is 2.21. The molecule has 2 aromatic rings. The second kappa shape index (κ2) is 6.34. The first kappa shape index (κ1) is 14.8. The van der Waals surface area contributed by atoms with Crippen molar-refractivity contribution < 1.29 is 4.79 Å². The Morgan fingerprint density at radius 1 is 1.23 bits per heavy atom. The Kier molecular flexibility index (Phi) is 4.27. The summed E-state index contributed by atoms with van der Waals surface area (Å²) in [5.74, 6) is 0.210. The van der Waals surface area contributed by atoms with Gasteiger partial charge in [-0.3, -0.25) is 14.2 Å². The second-order valence-electron chi connectivity index (χ2n) is 6.16. The van der Waals surface area contributed by atoms with Crippen LogP contribution in [0.1, 0.15) is 36.4 Å². The van der Waals surface area contributed by atoms with Gasteiger partial charge in [-0.1, -0.05) is 0 Å². The molecular weight excluding hydrogens is 278 g/mol. The lowest BCUT2D eigenvalue weighted by Crippen LogP contribution is -2.41. The minimum absolute atomic E-state index is 0.210. The zero-order chi connectivity index (χ0) is 15.5. The van der Waals surface area contributed by atoms with Crippen LogP contribution >= 0.6 is 0 Å². The number of amides is 1. The van der Waals surface area contributed by atoms with E-state index in [0.717, 1.165) is 37.1 Å². The van der Waals surface area contributed by atoms with Crippen molar-refractivity contribution in [2.24, 2.45) is 0 Å². The summed E-state index contributed by atoms with van der Waals surface area (Å²) in [6.45, 7) is 6.31. The molecule has 0 bridgehead atoms. The normalized spacial score (nSPS) is 18.6. The summed E-state index contributed by atoms with van der Waals surface area (Å²) in [5.41, 5.74) is 2.29. The van der Waals surface area contributed by atoms with Crippen LogP contribution < -0.4 is 0 Å². The smallest absolute Gasteiger partial charge is 0.224 e. The Morgan fingerprint density at radius 3 is 2.68 bits per heavy atom. The third-order valence-electron chi connectivity index (χ3n) is 4.17. The standard InChI is InChI=1S/C16H23N5O/c1-13-8-17-20(10-13)7-5-16(22)19-6-3-4-15(12-19)21-11-14(2)9-18-21/h8-11,15H,3-7,12H2,1-2H3. The fourth-order valence-electron chi connectivity index (χ4n) is 2.99. The van der Waals surface area contributed by atoms with Crippen molar-refractivity contribution in [2.45, 2.75) is 45.7 Å². The summed E-state index contributed by atoms with van der Waals surface area (Å²) in [4.78, 5) is 14.4. The van der Waals surface area contributed by atoms with E-state index in [1.165, 1.54) is 0 Å². The molecule has 6 nitrogen and oxygen atoms in total. The van der Waals surface area contributed by atoms with Gasteiger partial charge in [-0.2, -0.15) is 10.2 Å². The molecule has 0 aromatic carbocycles. The molecule has 1 unspecified atom stereocenters. The Hall–Kier alpha value is -2.11. The SMILES string of the molecule is Cc1cnn(CCC(=O)N2CCCC(n3cc(C)cn3)C2)c1. The summed E-state index contributed by atoms with van der Waals surface area (Å²) in [7, 11) is 0. The van der Waals surface area contributed by atoms with E-state index in [2.05, 4.69) is 16.4 Å². The highest BCUT2D eigenvalue weighted by atomic mass is 16.2. The Balaban J connectivity index is 1.55. The molecular formula is C16H23N5O. The molecule has 6 heteroatoms. The van der Waals surface area contributed by atoms with Crippen molar-refractivity contribution in [3.63, 3.8) is 0 Å². The van der Waals surface area contributed by atoms with E-state index in [0.29, 0.717) is 19.0 Å². The van der Waals surface area contributed by atoms with Crippen LogP contribution in [0.2, 0.25) is 0 Å². The van der Waals surface area contributed by atoms with E-state index in [4.69, 9.17) is 0 Å². The van der Waals surface area contributed by atoms with Gasteiger partial charge in [0.15, 0.2) is 0 Å². The fraction of sp³-hybridized carbons (Fsp3) is 0.562. The largest absolute Gasteiger partial charge is 0.340 e. The molecule has 22 heavy (non-hydrogen) atoms. The van der Waals surface area contributed by atoms with Gasteiger partial charge in [0.25, 0.3) is 0 Å². The number of aryl methyl sites for hydroxylation is 3. The van der Waals surface area contributed by atoms with Gasteiger partial charge in [0.1, 0.15) is 0 Å². The topological polar surface area (TPSA) is 56.0 Å². The number of rotatable bonds is 4. The van der Waals surface area contributed by atoms with Crippen LogP contribution in [0.4, 0.5) is 0 Å². The van der Waals surface area contributed by atoms with Gasteiger partial charge in [0, 0.05) is 38.4 Å². The van der Waals surface area contributed by atoms with Crippen molar-refractivity contribution in [1.29, 1.82) is 0 Å². The molecule has 0 N–H and O–H groups in total. The number of piperidine rings is 1.